The molecule has 2 unspecified atom stereocenters. The molecule has 1 aromatic rings. The Morgan fingerprint density at radius 1 is 1.32 bits per heavy atom. The fraction of sp³-hybridized carbons (Fsp3) is 0.588. The second-order valence-electron chi connectivity index (χ2n) is 6.58. The molecule has 0 radical (unpaired) electrons. The number of ether oxygens (including phenoxy) is 1. The largest absolute Gasteiger partial charge is 0.462 e. The van der Waals surface area contributed by atoms with Gasteiger partial charge in [0.05, 0.1) is 6.10 Å². The molecule has 1 saturated heterocycles. The summed E-state index contributed by atoms with van der Waals surface area (Å²) >= 11 is 0. The maximum absolute atomic E-state index is 12.7. The van der Waals surface area contributed by atoms with Gasteiger partial charge in [-0.3, -0.25) is 4.79 Å². The number of anilines is 1. The van der Waals surface area contributed by atoms with Crippen molar-refractivity contribution < 1.29 is 19.0 Å². The summed E-state index contributed by atoms with van der Waals surface area (Å²) in [7, 11) is 0. The van der Waals surface area contributed by atoms with E-state index in [1.807, 2.05) is 27.7 Å². The zero-order valence-electron chi connectivity index (χ0n) is 13.8. The highest BCUT2D eigenvalue weighted by atomic mass is 19.1. The van der Waals surface area contributed by atoms with Crippen molar-refractivity contribution in [1.82, 2.24) is 0 Å². The van der Waals surface area contributed by atoms with Gasteiger partial charge in [0.2, 0.25) is 0 Å². The molecule has 0 aromatic heterocycles. The number of aliphatic hydroxyl groups excluding tert-OH is 1. The first kappa shape index (κ1) is 18.4. The van der Waals surface area contributed by atoms with Gasteiger partial charge in [-0.25, -0.2) is 4.39 Å². The number of piperidine rings is 1. The molecule has 0 saturated carbocycles. The number of carbonyl (C=O) groups is 1. The highest BCUT2D eigenvalue weighted by Crippen LogP contribution is 2.23. The Labute approximate surface area is 131 Å². The van der Waals surface area contributed by atoms with E-state index in [1.165, 1.54) is 12.1 Å². The number of benzene rings is 1. The zero-order valence-corrected chi connectivity index (χ0v) is 13.8. The highest BCUT2D eigenvalue weighted by molar-refractivity contribution is 5.46. The smallest absolute Gasteiger partial charge is 0.293 e. The van der Waals surface area contributed by atoms with E-state index in [2.05, 4.69) is 9.64 Å². The minimum Gasteiger partial charge on any atom is -0.462 e. The van der Waals surface area contributed by atoms with Crippen molar-refractivity contribution in [2.24, 2.45) is 5.92 Å². The van der Waals surface area contributed by atoms with Crippen LogP contribution in [0.25, 0.3) is 0 Å². The van der Waals surface area contributed by atoms with Crippen LogP contribution in [0.1, 0.15) is 34.1 Å². The van der Waals surface area contributed by atoms with Crippen molar-refractivity contribution in [2.75, 3.05) is 18.0 Å². The first-order chi connectivity index (χ1) is 10.2. The number of nitrogens with zero attached hydrogens (tertiary/aromatic N) is 1. The SMILES string of the molecule is CC(C)(C)OC=O.CC1CN(c2ccc(F)cc2)CCC1O. The summed E-state index contributed by atoms with van der Waals surface area (Å²) in [6, 6.07) is 6.54. The molecule has 2 atom stereocenters. The summed E-state index contributed by atoms with van der Waals surface area (Å²) < 4.78 is 17.3. The van der Waals surface area contributed by atoms with Gasteiger partial charge in [-0.15, -0.1) is 0 Å². The first-order valence-electron chi connectivity index (χ1n) is 7.53. The molecule has 4 nitrogen and oxygen atoms in total. The molecule has 1 aliphatic rings. The van der Waals surface area contributed by atoms with Gasteiger partial charge in [-0.05, 0) is 57.4 Å². The molecule has 124 valence electrons. The van der Waals surface area contributed by atoms with Gasteiger partial charge in [-0.1, -0.05) is 6.92 Å². The molecule has 1 N–H and O–H groups in total. The van der Waals surface area contributed by atoms with Crippen molar-refractivity contribution >= 4 is 12.2 Å². The molecule has 0 bridgehead atoms. The van der Waals surface area contributed by atoms with E-state index >= 15 is 0 Å². The molecule has 0 amide bonds. The van der Waals surface area contributed by atoms with Crippen LogP contribution in [0.2, 0.25) is 0 Å². The number of hydrogen-bond acceptors (Lipinski definition) is 4. The van der Waals surface area contributed by atoms with Crippen LogP contribution in [0, 0.1) is 11.7 Å². The van der Waals surface area contributed by atoms with Crippen LogP contribution < -0.4 is 4.90 Å². The molecule has 1 heterocycles. The summed E-state index contributed by atoms with van der Waals surface area (Å²) in [5, 5.41) is 9.60. The molecular weight excluding hydrogens is 285 g/mol. The van der Waals surface area contributed by atoms with Gasteiger partial charge in [0.1, 0.15) is 11.4 Å². The molecule has 1 aromatic carbocycles. The average Bonchev–Trinajstić information content (AvgIpc) is 2.42. The van der Waals surface area contributed by atoms with Crippen LogP contribution in [0.15, 0.2) is 24.3 Å². The minimum absolute atomic E-state index is 0.193. The van der Waals surface area contributed by atoms with Crippen LogP contribution in [-0.4, -0.2) is 36.4 Å². The topological polar surface area (TPSA) is 49.8 Å². The summed E-state index contributed by atoms with van der Waals surface area (Å²) in [5.41, 5.74) is 0.719. The Bertz CT molecular complexity index is 456. The van der Waals surface area contributed by atoms with Crippen LogP contribution >= 0.6 is 0 Å². The second-order valence-corrected chi connectivity index (χ2v) is 6.58. The first-order valence-corrected chi connectivity index (χ1v) is 7.53. The van der Waals surface area contributed by atoms with Crippen molar-refractivity contribution in [3.63, 3.8) is 0 Å². The summed E-state index contributed by atoms with van der Waals surface area (Å²) in [4.78, 5) is 11.8. The predicted octanol–water partition coefficient (Wildman–Crippen LogP) is 2.99. The second kappa shape index (κ2) is 8.13. The Morgan fingerprint density at radius 2 is 1.91 bits per heavy atom. The van der Waals surface area contributed by atoms with Gasteiger partial charge in [-0.2, -0.15) is 0 Å². The third kappa shape index (κ3) is 6.43. The Balaban J connectivity index is 0.000000295. The number of halogens is 1. The Morgan fingerprint density at radius 3 is 2.32 bits per heavy atom. The average molecular weight is 311 g/mol. The van der Waals surface area contributed by atoms with Crippen LogP contribution in [0.4, 0.5) is 10.1 Å². The van der Waals surface area contributed by atoms with E-state index < -0.39 is 0 Å². The van der Waals surface area contributed by atoms with Crippen LogP contribution in [-0.2, 0) is 9.53 Å². The van der Waals surface area contributed by atoms with Crippen LogP contribution in [0.5, 0.6) is 0 Å². The van der Waals surface area contributed by atoms with Crippen LogP contribution in [0.3, 0.4) is 0 Å². The monoisotopic (exact) mass is 311 g/mol. The molecule has 2 rings (SSSR count). The number of rotatable bonds is 2. The quantitative estimate of drug-likeness (QED) is 0.853. The Kier molecular flexibility index (Phi) is 6.81. The van der Waals surface area contributed by atoms with Crippen molar-refractivity contribution in [3.8, 4) is 0 Å². The minimum atomic E-state index is -0.318. The van der Waals surface area contributed by atoms with Gasteiger partial charge in [0.15, 0.2) is 0 Å². The molecule has 1 fully saturated rings. The van der Waals surface area contributed by atoms with Gasteiger partial charge < -0.3 is 14.7 Å². The lowest BCUT2D eigenvalue weighted by atomic mass is 9.96. The fourth-order valence-corrected chi connectivity index (χ4v) is 2.16. The van der Waals surface area contributed by atoms with E-state index in [-0.39, 0.29) is 23.4 Å². The van der Waals surface area contributed by atoms with Gasteiger partial charge >= 0.3 is 0 Å². The number of hydrogen-bond donors (Lipinski definition) is 1. The lowest BCUT2D eigenvalue weighted by Crippen LogP contribution is -2.41. The predicted molar refractivity (Wildman–Crippen MR) is 85.3 cm³/mol. The van der Waals surface area contributed by atoms with E-state index in [4.69, 9.17) is 0 Å². The normalized spacial score (nSPS) is 21.6. The standard InChI is InChI=1S/C12H16FNO.C5H10O2/c1-9-8-14(7-6-12(9)15)11-4-2-10(13)3-5-11;1-5(2,3)7-4-6/h2-5,9,12,15H,6-8H2,1H3;4H,1-3H3. The lowest BCUT2D eigenvalue weighted by Gasteiger charge is -2.35. The van der Waals surface area contributed by atoms with E-state index in [9.17, 15) is 14.3 Å². The summed E-state index contributed by atoms with van der Waals surface area (Å²) in [5.74, 6) is 0.0765. The maximum atomic E-state index is 12.7. The number of aliphatic hydroxyl groups is 1. The molecule has 0 aliphatic carbocycles. The van der Waals surface area contributed by atoms with Crippen molar-refractivity contribution in [1.29, 1.82) is 0 Å². The molecule has 1 aliphatic heterocycles. The lowest BCUT2D eigenvalue weighted by molar-refractivity contribution is -0.138. The maximum Gasteiger partial charge on any atom is 0.293 e. The Hall–Kier alpha value is -1.62. The van der Waals surface area contributed by atoms with E-state index in [0.717, 1.165) is 25.2 Å². The van der Waals surface area contributed by atoms with E-state index in [1.54, 1.807) is 12.1 Å². The third-order valence-corrected chi connectivity index (χ3v) is 3.45. The molecule has 0 spiro atoms. The van der Waals surface area contributed by atoms with Crippen molar-refractivity contribution in [2.45, 2.75) is 45.8 Å². The molecule has 5 heteroatoms. The fourth-order valence-electron chi connectivity index (χ4n) is 2.16. The summed E-state index contributed by atoms with van der Waals surface area (Å²) in [6.45, 7) is 9.65. The van der Waals surface area contributed by atoms with Crippen molar-refractivity contribution in [3.05, 3.63) is 30.1 Å². The third-order valence-electron chi connectivity index (χ3n) is 3.45. The van der Waals surface area contributed by atoms with E-state index in [0.29, 0.717) is 6.47 Å². The van der Waals surface area contributed by atoms with Gasteiger partial charge in [0.25, 0.3) is 6.47 Å². The zero-order chi connectivity index (χ0) is 16.8. The molecule has 22 heavy (non-hydrogen) atoms. The highest BCUT2D eigenvalue weighted by Gasteiger charge is 2.24. The summed E-state index contributed by atoms with van der Waals surface area (Å²) in [6.07, 6.45) is 0.597. The molecular formula is C17H26FNO3. The number of carbonyl (C=O) groups excluding carboxylic acids is 1. The van der Waals surface area contributed by atoms with Gasteiger partial charge in [0, 0.05) is 18.8 Å².